The molecule has 92 valence electrons. The number of likely N-dealkylation sites (tertiary alicyclic amines) is 1. The fourth-order valence-corrected chi connectivity index (χ4v) is 2.10. The third-order valence-corrected chi connectivity index (χ3v) is 3.13. The molecule has 0 saturated carbocycles. The van der Waals surface area contributed by atoms with Crippen molar-refractivity contribution >= 4 is 11.7 Å². The first kappa shape index (κ1) is 11.9. The Balaban J connectivity index is 1.98. The largest absolute Gasteiger partial charge is 0.326 e. The van der Waals surface area contributed by atoms with E-state index in [1.165, 1.54) is 0 Å². The van der Waals surface area contributed by atoms with Crippen molar-refractivity contribution in [1.29, 1.82) is 0 Å². The third-order valence-electron chi connectivity index (χ3n) is 3.13. The molecule has 1 fully saturated rings. The number of amides is 2. The average molecular weight is 233 g/mol. The van der Waals surface area contributed by atoms with Gasteiger partial charge in [-0.15, -0.1) is 0 Å². The van der Waals surface area contributed by atoms with E-state index in [0.717, 1.165) is 30.8 Å². The number of nitrogens with two attached hydrogens (primary N) is 1. The molecule has 1 aromatic rings. The van der Waals surface area contributed by atoms with Gasteiger partial charge in [-0.3, -0.25) is 0 Å². The van der Waals surface area contributed by atoms with Crippen LogP contribution in [-0.2, 0) is 6.54 Å². The van der Waals surface area contributed by atoms with E-state index in [-0.39, 0.29) is 6.03 Å². The highest BCUT2D eigenvalue weighted by Gasteiger charge is 2.22. The highest BCUT2D eigenvalue weighted by molar-refractivity contribution is 5.89. The second-order valence-electron chi connectivity index (χ2n) is 4.67. The van der Waals surface area contributed by atoms with Gasteiger partial charge in [-0.1, -0.05) is 19.1 Å². The van der Waals surface area contributed by atoms with Crippen LogP contribution in [0.2, 0.25) is 0 Å². The van der Waals surface area contributed by atoms with Gasteiger partial charge in [-0.05, 0) is 30.0 Å². The molecule has 1 aliphatic rings. The van der Waals surface area contributed by atoms with Gasteiger partial charge in [-0.2, -0.15) is 0 Å². The summed E-state index contributed by atoms with van der Waals surface area (Å²) in [5.74, 6) is 0.608. The SMILES string of the molecule is CC1CCN(C(=O)Nc2cccc(CN)c2)C1. The molecule has 1 saturated heterocycles. The summed E-state index contributed by atoms with van der Waals surface area (Å²) in [4.78, 5) is 13.8. The highest BCUT2D eigenvalue weighted by atomic mass is 16.2. The van der Waals surface area contributed by atoms with Crippen molar-refractivity contribution < 1.29 is 4.79 Å². The Labute approximate surface area is 102 Å². The summed E-state index contributed by atoms with van der Waals surface area (Å²) in [5, 5.41) is 2.91. The Morgan fingerprint density at radius 2 is 2.41 bits per heavy atom. The number of nitrogens with zero attached hydrogens (tertiary/aromatic N) is 1. The second-order valence-corrected chi connectivity index (χ2v) is 4.67. The van der Waals surface area contributed by atoms with Gasteiger partial charge in [0, 0.05) is 25.3 Å². The number of benzene rings is 1. The molecule has 0 spiro atoms. The molecule has 1 aromatic carbocycles. The molecular formula is C13H19N3O. The molecule has 1 heterocycles. The normalized spacial score (nSPS) is 19.4. The molecule has 0 radical (unpaired) electrons. The van der Waals surface area contributed by atoms with Crippen molar-refractivity contribution in [3.63, 3.8) is 0 Å². The van der Waals surface area contributed by atoms with Crippen molar-refractivity contribution in [3.05, 3.63) is 29.8 Å². The Morgan fingerprint density at radius 3 is 3.06 bits per heavy atom. The van der Waals surface area contributed by atoms with Crippen LogP contribution in [0.4, 0.5) is 10.5 Å². The van der Waals surface area contributed by atoms with Gasteiger partial charge < -0.3 is 16.0 Å². The molecule has 1 atom stereocenters. The van der Waals surface area contributed by atoms with E-state index >= 15 is 0 Å². The third kappa shape index (κ3) is 2.97. The first-order chi connectivity index (χ1) is 8.19. The number of anilines is 1. The lowest BCUT2D eigenvalue weighted by Crippen LogP contribution is -2.32. The first-order valence-electron chi connectivity index (χ1n) is 6.04. The number of nitrogens with one attached hydrogen (secondary N) is 1. The summed E-state index contributed by atoms with van der Waals surface area (Å²) in [5.41, 5.74) is 7.41. The lowest BCUT2D eigenvalue weighted by atomic mass is 10.2. The van der Waals surface area contributed by atoms with E-state index in [0.29, 0.717) is 12.5 Å². The van der Waals surface area contributed by atoms with Crippen LogP contribution in [0.15, 0.2) is 24.3 Å². The summed E-state index contributed by atoms with van der Waals surface area (Å²) in [7, 11) is 0. The van der Waals surface area contributed by atoms with Crippen LogP contribution < -0.4 is 11.1 Å². The van der Waals surface area contributed by atoms with Crippen LogP contribution in [0, 0.1) is 5.92 Å². The zero-order chi connectivity index (χ0) is 12.3. The van der Waals surface area contributed by atoms with Crippen LogP contribution in [0.3, 0.4) is 0 Å². The Hall–Kier alpha value is -1.55. The number of rotatable bonds is 2. The fraction of sp³-hybridized carbons (Fsp3) is 0.462. The predicted octanol–water partition coefficient (Wildman–Crippen LogP) is 2.02. The number of urea groups is 1. The minimum absolute atomic E-state index is 0.0106. The van der Waals surface area contributed by atoms with Crippen molar-refractivity contribution in [1.82, 2.24) is 4.90 Å². The van der Waals surface area contributed by atoms with Crippen molar-refractivity contribution in [2.45, 2.75) is 19.9 Å². The summed E-state index contributed by atoms with van der Waals surface area (Å²) in [6, 6.07) is 7.65. The molecule has 0 aliphatic carbocycles. The molecule has 0 bridgehead atoms. The van der Waals surface area contributed by atoms with Gasteiger partial charge in [0.25, 0.3) is 0 Å². The van der Waals surface area contributed by atoms with E-state index in [9.17, 15) is 4.79 Å². The smallest absolute Gasteiger partial charge is 0.321 e. The molecular weight excluding hydrogens is 214 g/mol. The van der Waals surface area contributed by atoms with Crippen molar-refractivity contribution in [3.8, 4) is 0 Å². The lowest BCUT2D eigenvalue weighted by Gasteiger charge is -2.17. The number of hydrogen-bond donors (Lipinski definition) is 2. The Morgan fingerprint density at radius 1 is 1.59 bits per heavy atom. The lowest BCUT2D eigenvalue weighted by molar-refractivity contribution is 0.221. The van der Waals surface area contributed by atoms with E-state index in [1.54, 1.807) is 0 Å². The van der Waals surface area contributed by atoms with E-state index in [4.69, 9.17) is 5.73 Å². The zero-order valence-corrected chi connectivity index (χ0v) is 10.1. The Bertz CT molecular complexity index is 405. The van der Waals surface area contributed by atoms with Crippen molar-refractivity contribution in [2.75, 3.05) is 18.4 Å². The average Bonchev–Trinajstić information content (AvgIpc) is 2.76. The van der Waals surface area contributed by atoms with E-state index < -0.39 is 0 Å². The minimum atomic E-state index is -0.0106. The van der Waals surface area contributed by atoms with E-state index in [1.807, 2.05) is 29.2 Å². The molecule has 2 rings (SSSR count). The molecule has 17 heavy (non-hydrogen) atoms. The van der Waals surface area contributed by atoms with Gasteiger partial charge in [0.15, 0.2) is 0 Å². The quantitative estimate of drug-likeness (QED) is 0.821. The summed E-state index contributed by atoms with van der Waals surface area (Å²) >= 11 is 0. The monoisotopic (exact) mass is 233 g/mol. The molecule has 1 aliphatic heterocycles. The van der Waals surface area contributed by atoms with Gasteiger partial charge in [0.2, 0.25) is 0 Å². The minimum Gasteiger partial charge on any atom is -0.326 e. The summed E-state index contributed by atoms with van der Waals surface area (Å²) in [6.45, 7) is 4.36. The summed E-state index contributed by atoms with van der Waals surface area (Å²) in [6.07, 6.45) is 1.09. The maximum absolute atomic E-state index is 11.9. The molecule has 3 N–H and O–H groups in total. The van der Waals surface area contributed by atoms with Gasteiger partial charge in [0.05, 0.1) is 0 Å². The topological polar surface area (TPSA) is 58.4 Å². The standard InChI is InChI=1S/C13H19N3O/c1-10-5-6-16(9-10)13(17)15-12-4-2-3-11(7-12)8-14/h2-4,7,10H,5-6,8-9,14H2,1H3,(H,15,17). The Kier molecular flexibility index (Phi) is 3.64. The molecule has 2 amide bonds. The zero-order valence-electron chi connectivity index (χ0n) is 10.1. The van der Waals surface area contributed by atoms with Gasteiger partial charge >= 0.3 is 6.03 Å². The van der Waals surface area contributed by atoms with Crippen LogP contribution >= 0.6 is 0 Å². The fourth-order valence-electron chi connectivity index (χ4n) is 2.10. The maximum atomic E-state index is 11.9. The highest BCUT2D eigenvalue weighted by Crippen LogP contribution is 2.17. The molecule has 1 unspecified atom stereocenters. The van der Waals surface area contributed by atoms with E-state index in [2.05, 4.69) is 12.2 Å². The maximum Gasteiger partial charge on any atom is 0.321 e. The molecule has 4 heteroatoms. The molecule has 0 aromatic heterocycles. The summed E-state index contributed by atoms with van der Waals surface area (Å²) < 4.78 is 0. The van der Waals surface area contributed by atoms with Gasteiger partial charge in [0.1, 0.15) is 0 Å². The van der Waals surface area contributed by atoms with Gasteiger partial charge in [-0.25, -0.2) is 4.79 Å². The van der Waals surface area contributed by atoms with Crippen LogP contribution in [-0.4, -0.2) is 24.0 Å². The number of hydrogen-bond acceptors (Lipinski definition) is 2. The van der Waals surface area contributed by atoms with Crippen LogP contribution in [0.1, 0.15) is 18.9 Å². The predicted molar refractivity (Wildman–Crippen MR) is 68.7 cm³/mol. The van der Waals surface area contributed by atoms with Crippen molar-refractivity contribution in [2.24, 2.45) is 11.7 Å². The number of carbonyl (C=O) groups excluding carboxylic acids is 1. The first-order valence-corrected chi connectivity index (χ1v) is 6.04. The van der Waals surface area contributed by atoms with Crippen LogP contribution in [0.5, 0.6) is 0 Å². The van der Waals surface area contributed by atoms with Crippen LogP contribution in [0.25, 0.3) is 0 Å². The number of carbonyl (C=O) groups is 1. The molecule has 4 nitrogen and oxygen atoms in total. The second kappa shape index (κ2) is 5.19.